The van der Waals surface area contributed by atoms with Gasteiger partial charge >= 0.3 is 0 Å². The molecule has 28 heavy (non-hydrogen) atoms. The largest absolute Gasteiger partial charge is 0.497 e. The second-order valence-electron chi connectivity index (χ2n) is 6.34. The molecule has 7 nitrogen and oxygen atoms in total. The van der Waals surface area contributed by atoms with Crippen molar-refractivity contribution >= 4 is 26.7 Å². The van der Waals surface area contributed by atoms with Crippen molar-refractivity contribution in [2.45, 2.75) is 17.4 Å². The average molecular weight is 398 g/mol. The number of hydrogen-bond donors (Lipinski definition) is 2. The zero-order valence-electron chi connectivity index (χ0n) is 15.0. The van der Waals surface area contributed by atoms with Crippen molar-refractivity contribution in [3.63, 3.8) is 0 Å². The van der Waals surface area contributed by atoms with Crippen LogP contribution in [0.4, 0.5) is 0 Å². The van der Waals surface area contributed by atoms with Crippen LogP contribution in [0.2, 0.25) is 0 Å². The summed E-state index contributed by atoms with van der Waals surface area (Å²) in [5.41, 5.74) is 3.18. The van der Waals surface area contributed by atoms with E-state index in [1.165, 1.54) is 31.4 Å². The van der Waals surface area contributed by atoms with Crippen LogP contribution in [0.15, 0.2) is 65.6 Å². The van der Waals surface area contributed by atoms with Crippen LogP contribution in [0.25, 0.3) is 10.8 Å². The first kappa shape index (κ1) is 18.3. The van der Waals surface area contributed by atoms with Crippen molar-refractivity contribution in [3.05, 3.63) is 66.2 Å². The molecule has 4 rings (SSSR count). The van der Waals surface area contributed by atoms with Crippen LogP contribution in [0.1, 0.15) is 5.56 Å². The van der Waals surface area contributed by atoms with E-state index in [1.54, 1.807) is 0 Å². The first-order chi connectivity index (χ1) is 13.5. The fourth-order valence-corrected chi connectivity index (χ4v) is 4.02. The summed E-state index contributed by atoms with van der Waals surface area (Å²) in [4.78, 5) is 14.6. The lowest BCUT2D eigenvalue weighted by Crippen LogP contribution is -2.47. The van der Waals surface area contributed by atoms with E-state index in [2.05, 4.69) is 10.3 Å². The van der Waals surface area contributed by atoms with Gasteiger partial charge in [-0.15, -0.1) is 4.83 Å². The third-order valence-electron chi connectivity index (χ3n) is 4.63. The molecular formula is C20H18N2O5S. The van der Waals surface area contributed by atoms with Crippen molar-refractivity contribution in [3.8, 4) is 11.5 Å². The number of benzene rings is 3. The maximum atomic E-state index is 12.4. The Kier molecular flexibility index (Phi) is 4.66. The third-order valence-corrected chi connectivity index (χ3v) is 5.89. The first-order valence-electron chi connectivity index (χ1n) is 8.61. The molecule has 0 bridgehead atoms. The lowest BCUT2D eigenvalue weighted by atomic mass is 10.0. The topological polar surface area (TPSA) is 93.7 Å². The second kappa shape index (κ2) is 7.14. The van der Waals surface area contributed by atoms with Gasteiger partial charge in [0.15, 0.2) is 6.10 Å². The summed E-state index contributed by atoms with van der Waals surface area (Å²) in [6, 6.07) is 17.4. The molecular weight excluding hydrogens is 380 g/mol. The highest BCUT2D eigenvalue weighted by Gasteiger charge is 2.31. The van der Waals surface area contributed by atoms with Crippen LogP contribution >= 0.6 is 0 Å². The summed E-state index contributed by atoms with van der Waals surface area (Å²) in [6.07, 6.45) is -0.438. The maximum absolute atomic E-state index is 12.4. The van der Waals surface area contributed by atoms with E-state index in [9.17, 15) is 13.2 Å². The summed E-state index contributed by atoms with van der Waals surface area (Å²) >= 11 is 0. The number of rotatable bonds is 5. The van der Waals surface area contributed by atoms with Crippen LogP contribution in [-0.4, -0.2) is 27.5 Å². The lowest BCUT2D eigenvalue weighted by Gasteiger charge is -2.12. The van der Waals surface area contributed by atoms with Crippen LogP contribution in [0, 0.1) is 0 Å². The van der Waals surface area contributed by atoms with Gasteiger partial charge in [-0.2, -0.15) is 0 Å². The van der Waals surface area contributed by atoms with Gasteiger partial charge in [-0.05, 0) is 41.1 Å². The number of carbonyl (C=O) groups is 1. The van der Waals surface area contributed by atoms with Gasteiger partial charge < -0.3 is 9.47 Å². The van der Waals surface area contributed by atoms with Crippen LogP contribution in [-0.2, 0) is 21.2 Å². The number of hydrazine groups is 1. The van der Waals surface area contributed by atoms with Crippen molar-refractivity contribution in [1.82, 2.24) is 10.3 Å². The molecule has 0 aromatic heterocycles. The molecule has 0 unspecified atom stereocenters. The Hall–Kier alpha value is -3.10. The SMILES string of the molecule is COc1ccc(S(=O)(=O)NNC(=O)[C@@H]2Cc3c(ccc4ccccc34)O2)cc1. The van der Waals surface area contributed by atoms with E-state index < -0.39 is 22.0 Å². The van der Waals surface area contributed by atoms with Crippen LogP contribution < -0.4 is 19.7 Å². The molecule has 0 fully saturated rings. The van der Waals surface area contributed by atoms with Crippen LogP contribution in [0.5, 0.6) is 11.5 Å². The number of fused-ring (bicyclic) bond motifs is 3. The molecule has 1 heterocycles. The third kappa shape index (κ3) is 3.39. The number of ether oxygens (including phenoxy) is 2. The number of carbonyl (C=O) groups excluding carboxylic acids is 1. The molecule has 1 atom stereocenters. The number of sulfonamides is 1. The minimum atomic E-state index is -3.91. The van der Waals surface area contributed by atoms with Gasteiger partial charge in [-0.25, -0.2) is 8.42 Å². The van der Waals surface area contributed by atoms with Crippen molar-refractivity contribution < 1.29 is 22.7 Å². The van der Waals surface area contributed by atoms with E-state index in [-0.39, 0.29) is 4.90 Å². The summed E-state index contributed by atoms with van der Waals surface area (Å²) in [5.74, 6) is 0.613. The number of methoxy groups -OCH3 is 1. The molecule has 1 aliphatic rings. The number of hydrogen-bond acceptors (Lipinski definition) is 5. The summed E-state index contributed by atoms with van der Waals surface area (Å²) < 4.78 is 35.4. The molecule has 144 valence electrons. The zero-order valence-corrected chi connectivity index (χ0v) is 15.8. The Morgan fingerprint density at radius 3 is 2.57 bits per heavy atom. The number of amides is 1. The monoisotopic (exact) mass is 398 g/mol. The number of nitrogens with one attached hydrogen (secondary N) is 2. The molecule has 0 radical (unpaired) electrons. The van der Waals surface area contributed by atoms with E-state index in [4.69, 9.17) is 9.47 Å². The van der Waals surface area contributed by atoms with Gasteiger partial charge in [0.05, 0.1) is 12.0 Å². The standard InChI is InChI=1S/C20H18N2O5S/c1-26-14-7-9-15(10-8-14)28(24,25)22-21-20(23)19-12-17-16-5-3-2-4-13(16)6-11-18(17)27-19/h2-11,19,22H,12H2,1H3,(H,21,23)/t19-/m0/s1. The van der Waals surface area contributed by atoms with Crippen molar-refractivity contribution in [2.75, 3.05) is 7.11 Å². The van der Waals surface area contributed by atoms with E-state index in [1.807, 2.05) is 36.4 Å². The smallest absolute Gasteiger partial charge is 0.276 e. The van der Waals surface area contributed by atoms with Gasteiger partial charge in [0.2, 0.25) is 0 Å². The predicted octanol–water partition coefficient (Wildman–Crippen LogP) is 2.16. The maximum Gasteiger partial charge on any atom is 0.276 e. The molecule has 0 aliphatic carbocycles. The van der Waals surface area contributed by atoms with E-state index >= 15 is 0 Å². The predicted molar refractivity (Wildman–Crippen MR) is 104 cm³/mol. The Labute approximate surface area is 162 Å². The highest BCUT2D eigenvalue weighted by atomic mass is 32.2. The molecule has 1 amide bonds. The summed E-state index contributed by atoms with van der Waals surface area (Å²) in [7, 11) is -2.41. The second-order valence-corrected chi connectivity index (χ2v) is 8.03. The minimum absolute atomic E-state index is 0.00946. The first-order valence-corrected chi connectivity index (χ1v) is 10.1. The molecule has 8 heteroatoms. The lowest BCUT2D eigenvalue weighted by molar-refractivity contribution is -0.127. The van der Waals surface area contributed by atoms with Gasteiger partial charge in [-0.3, -0.25) is 10.2 Å². The van der Waals surface area contributed by atoms with Gasteiger partial charge in [-0.1, -0.05) is 30.3 Å². The fraction of sp³-hybridized carbons (Fsp3) is 0.150. The molecule has 2 N–H and O–H groups in total. The highest BCUT2D eigenvalue weighted by Crippen LogP contribution is 2.35. The normalized spacial score (nSPS) is 15.7. The highest BCUT2D eigenvalue weighted by molar-refractivity contribution is 7.89. The average Bonchev–Trinajstić information content (AvgIpc) is 3.17. The minimum Gasteiger partial charge on any atom is -0.497 e. The molecule has 0 saturated carbocycles. The van der Waals surface area contributed by atoms with Gasteiger partial charge in [0.1, 0.15) is 11.5 Å². The molecule has 0 saturated heterocycles. The fourth-order valence-electron chi connectivity index (χ4n) is 3.18. The van der Waals surface area contributed by atoms with E-state index in [0.717, 1.165) is 16.3 Å². The van der Waals surface area contributed by atoms with Gasteiger partial charge in [0.25, 0.3) is 15.9 Å². The Morgan fingerprint density at radius 2 is 1.82 bits per heavy atom. The Morgan fingerprint density at radius 1 is 1.07 bits per heavy atom. The zero-order chi connectivity index (χ0) is 19.7. The molecule has 1 aliphatic heterocycles. The van der Waals surface area contributed by atoms with Crippen LogP contribution in [0.3, 0.4) is 0 Å². The van der Waals surface area contributed by atoms with Gasteiger partial charge in [0, 0.05) is 12.0 Å². The van der Waals surface area contributed by atoms with E-state index in [0.29, 0.717) is 17.9 Å². The molecule has 3 aromatic rings. The van der Waals surface area contributed by atoms with Crippen molar-refractivity contribution in [1.29, 1.82) is 0 Å². The molecule has 0 spiro atoms. The quantitative estimate of drug-likeness (QED) is 0.643. The molecule has 3 aromatic carbocycles. The van der Waals surface area contributed by atoms with Crippen molar-refractivity contribution in [2.24, 2.45) is 0 Å². The Bertz CT molecular complexity index is 1140. The summed E-state index contributed by atoms with van der Waals surface area (Å²) in [5, 5.41) is 2.08. The summed E-state index contributed by atoms with van der Waals surface area (Å²) in [6.45, 7) is 0. The Balaban J connectivity index is 1.45.